The maximum atomic E-state index is 13.0. The molecule has 1 aromatic heterocycles. The molecule has 3 atom stereocenters. The van der Waals surface area contributed by atoms with E-state index < -0.39 is 0 Å². The van der Waals surface area contributed by atoms with Crippen LogP contribution in [-0.2, 0) is 11.3 Å². The van der Waals surface area contributed by atoms with Gasteiger partial charge >= 0.3 is 0 Å². The van der Waals surface area contributed by atoms with Crippen molar-refractivity contribution in [2.75, 3.05) is 40.3 Å². The predicted molar refractivity (Wildman–Crippen MR) is 111 cm³/mol. The fraction of sp³-hybridized carbons (Fsp3) is 0.478. The Kier molecular flexibility index (Phi) is 5.47. The maximum Gasteiger partial charge on any atom is 0.237 e. The Morgan fingerprint density at radius 3 is 2.57 bits per heavy atom. The van der Waals surface area contributed by atoms with Crippen LogP contribution < -0.4 is 0 Å². The molecular weight excluding hydrogens is 348 g/mol. The predicted octanol–water partition coefficient (Wildman–Crippen LogP) is 2.58. The first-order chi connectivity index (χ1) is 13.5. The van der Waals surface area contributed by atoms with Crippen LogP contribution in [0.2, 0.25) is 0 Å². The van der Waals surface area contributed by atoms with Gasteiger partial charge < -0.3 is 9.80 Å². The van der Waals surface area contributed by atoms with Crippen molar-refractivity contribution >= 4 is 5.91 Å². The van der Waals surface area contributed by atoms with Crippen LogP contribution in [0.15, 0.2) is 48.8 Å². The number of hydrogen-bond donors (Lipinski definition) is 0. The molecule has 28 heavy (non-hydrogen) atoms. The van der Waals surface area contributed by atoms with Crippen molar-refractivity contribution in [2.45, 2.75) is 19.5 Å². The number of aromatic nitrogens is 1. The summed E-state index contributed by atoms with van der Waals surface area (Å²) >= 11 is 0. The number of benzene rings is 1. The van der Waals surface area contributed by atoms with E-state index in [1.165, 1.54) is 16.7 Å². The zero-order chi connectivity index (χ0) is 19.7. The largest absolute Gasteiger partial charge is 0.334 e. The van der Waals surface area contributed by atoms with Crippen LogP contribution in [0.25, 0.3) is 0 Å². The van der Waals surface area contributed by atoms with Crippen molar-refractivity contribution in [1.29, 1.82) is 0 Å². The number of pyridine rings is 1. The van der Waals surface area contributed by atoms with Crippen LogP contribution in [0.3, 0.4) is 0 Å². The van der Waals surface area contributed by atoms with Crippen molar-refractivity contribution in [2.24, 2.45) is 11.8 Å². The van der Waals surface area contributed by atoms with Crippen LogP contribution in [-0.4, -0.2) is 65.9 Å². The molecule has 2 aromatic rings. The Morgan fingerprint density at radius 2 is 1.86 bits per heavy atom. The molecule has 1 aromatic carbocycles. The lowest BCUT2D eigenvalue weighted by Crippen LogP contribution is -2.40. The molecule has 3 heterocycles. The Labute approximate surface area is 168 Å². The summed E-state index contributed by atoms with van der Waals surface area (Å²) in [6.45, 7) is 6.56. The molecule has 0 saturated carbocycles. The van der Waals surface area contributed by atoms with E-state index in [1.807, 2.05) is 31.4 Å². The van der Waals surface area contributed by atoms with Gasteiger partial charge in [0.25, 0.3) is 0 Å². The number of aryl methyl sites for hydroxylation is 1. The van der Waals surface area contributed by atoms with Crippen LogP contribution in [0.4, 0.5) is 0 Å². The van der Waals surface area contributed by atoms with E-state index in [4.69, 9.17) is 0 Å². The molecule has 2 saturated heterocycles. The normalized spacial score (nSPS) is 24.7. The smallest absolute Gasteiger partial charge is 0.237 e. The van der Waals surface area contributed by atoms with Gasteiger partial charge in [0.15, 0.2) is 0 Å². The number of carbonyl (C=O) groups excluding carboxylic acids is 1. The molecular formula is C23H30N4O. The highest BCUT2D eigenvalue weighted by molar-refractivity contribution is 5.79. The fourth-order valence-electron chi connectivity index (χ4n) is 4.95. The molecule has 0 bridgehead atoms. The summed E-state index contributed by atoms with van der Waals surface area (Å²) in [4.78, 5) is 23.8. The van der Waals surface area contributed by atoms with Gasteiger partial charge in [0.1, 0.15) is 0 Å². The third kappa shape index (κ3) is 3.82. The molecule has 2 aliphatic heterocycles. The summed E-state index contributed by atoms with van der Waals surface area (Å²) in [5, 5.41) is 0. The van der Waals surface area contributed by atoms with E-state index in [1.54, 1.807) is 0 Å². The van der Waals surface area contributed by atoms with Gasteiger partial charge in [0, 0.05) is 44.5 Å². The second-order valence-electron chi connectivity index (χ2n) is 8.56. The average Bonchev–Trinajstić information content (AvgIpc) is 3.20. The minimum Gasteiger partial charge on any atom is -0.334 e. The van der Waals surface area contributed by atoms with E-state index >= 15 is 0 Å². The summed E-state index contributed by atoms with van der Waals surface area (Å²) in [6.07, 6.45) is 3.73. The lowest BCUT2D eigenvalue weighted by molar-refractivity contribution is -0.133. The molecule has 0 aliphatic carbocycles. The van der Waals surface area contributed by atoms with Gasteiger partial charge in [-0.2, -0.15) is 0 Å². The van der Waals surface area contributed by atoms with Crippen molar-refractivity contribution < 1.29 is 4.79 Å². The highest BCUT2D eigenvalue weighted by atomic mass is 16.2. The van der Waals surface area contributed by atoms with Crippen molar-refractivity contribution in [3.05, 3.63) is 65.5 Å². The molecule has 148 valence electrons. The summed E-state index contributed by atoms with van der Waals surface area (Å²) < 4.78 is 0. The zero-order valence-corrected chi connectivity index (χ0v) is 17.1. The fourth-order valence-corrected chi connectivity index (χ4v) is 4.95. The summed E-state index contributed by atoms with van der Waals surface area (Å²) in [6, 6.07) is 12.9. The van der Waals surface area contributed by atoms with E-state index in [-0.39, 0.29) is 11.9 Å². The van der Waals surface area contributed by atoms with Crippen molar-refractivity contribution in [3.63, 3.8) is 0 Å². The molecule has 5 nitrogen and oxygen atoms in total. The highest BCUT2D eigenvalue weighted by Crippen LogP contribution is 2.46. The van der Waals surface area contributed by atoms with Gasteiger partial charge in [-0.3, -0.25) is 14.7 Å². The molecule has 4 rings (SSSR count). The van der Waals surface area contributed by atoms with Crippen LogP contribution in [0.1, 0.15) is 22.7 Å². The number of hydrogen-bond acceptors (Lipinski definition) is 4. The number of likely N-dealkylation sites (N-methyl/N-ethyl adjacent to an activating group) is 1. The number of carbonyl (C=O) groups is 1. The van der Waals surface area contributed by atoms with Crippen LogP contribution in [0, 0.1) is 18.8 Å². The quantitative estimate of drug-likeness (QED) is 0.802. The van der Waals surface area contributed by atoms with Crippen molar-refractivity contribution in [1.82, 2.24) is 19.7 Å². The third-order valence-electron chi connectivity index (χ3n) is 6.17. The lowest BCUT2D eigenvalue weighted by atomic mass is 9.87. The molecule has 0 radical (unpaired) electrons. The van der Waals surface area contributed by atoms with Crippen LogP contribution in [0.5, 0.6) is 0 Å². The first-order valence-electron chi connectivity index (χ1n) is 10.1. The van der Waals surface area contributed by atoms with Gasteiger partial charge in [-0.15, -0.1) is 0 Å². The standard InChI is InChI=1S/C23H30N4O/c1-17-6-4-5-7-20(17)23-21-15-26(12-18-8-10-24-11-9-18)13-19(21)14-27(23)22(28)16-25(2)3/h4-11,19,21,23H,12-16H2,1-3H3/t19-,21-,23+/m1/s1. The number of likely N-dealkylation sites (tertiary alicyclic amines) is 2. The summed E-state index contributed by atoms with van der Waals surface area (Å²) in [5.41, 5.74) is 3.90. The van der Waals surface area contributed by atoms with Gasteiger partial charge in [0.2, 0.25) is 5.91 Å². The number of rotatable bonds is 5. The topological polar surface area (TPSA) is 39.7 Å². The molecule has 1 amide bonds. The Morgan fingerprint density at radius 1 is 1.11 bits per heavy atom. The molecule has 2 aliphatic rings. The first kappa shape index (κ1) is 19.1. The molecule has 0 spiro atoms. The Hall–Kier alpha value is -2.24. The summed E-state index contributed by atoms with van der Waals surface area (Å²) in [7, 11) is 3.93. The molecule has 2 fully saturated rings. The van der Waals surface area contributed by atoms with E-state index in [9.17, 15) is 4.79 Å². The highest BCUT2D eigenvalue weighted by Gasteiger charge is 2.49. The Bertz CT molecular complexity index is 822. The first-order valence-corrected chi connectivity index (χ1v) is 10.1. The Balaban J connectivity index is 1.57. The molecule has 0 N–H and O–H groups in total. The molecule has 5 heteroatoms. The SMILES string of the molecule is Cc1ccccc1[C@H]1[C@@H]2CN(Cc3ccncc3)C[C@@H]2CN1C(=O)CN(C)C. The molecule has 0 unspecified atom stereocenters. The van der Waals surface area contributed by atoms with Crippen LogP contribution >= 0.6 is 0 Å². The van der Waals surface area contributed by atoms with E-state index in [2.05, 4.69) is 58.1 Å². The van der Waals surface area contributed by atoms with Gasteiger partial charge in [0.05, 0.1) is 12.6 Å². The number of nitrogens with zero attached hydrogens (tertiary/aromatic N) is 4. The average molecular weight is 379 g/mol. The third-order valence-corrected chi connectivity index (χ3v) is 6.17. The summed E-state index contributed by atoms with van der Waals surface area (Å²) in [5.74, 6) is 1.28. The number of amides is 1. The van der Waals surface area contributed by atoms with Gasteiger partial charge in [-0.25, -0.2) is 0 Å². The second-order valence-corrected chi connectivity index (χ2v) is 8.56. The minimum atomic E-state index is 0.182. The minimum absolute atomic E-state index is 0.182. The maximum absolute atomic E-state index is 13.0. The second kappa shape index (κ2) is 8.02. The van der Waals surface area contributed by atoms with Gasteiger partial charge in [-0.05, 0) is 55.8 Å². The van der Waals surface area contributed by atoms with E-state index in [0.29, 0.717) is 18.4 Å². The van der Waals surface area contributed by atoms with Gasteiger partial charge in [-0.1, -0.05) is 24.3 Å². The van der Waals surface area contributed by atoms with E-state index in [0.717, 1.165) is 26.2 Å². The van der Waals surface area contributed by atoms with Crippen molar-refractivity contribution in [3.8, 4) is 0 Å². The zero-order valence-electron chi connectivity index (χ0n) is 17.1. The monoisotopic (exact) mass is 378 g/mol. The lowest BCUT2D eigenvalue weighted by Gasteiger charge is -2.31. The number of fused-ring (bicyclic) bond motifs is 1.